The summed E-state index contributed by atoms with van der Waals surface area (Å²) in [6.07, 6.45) is 1.55. The highest BCUT2D eigenvalue weighted by Gasteiger charge is 2.25. The van der Waals surface area contributed by atoms with Gasteiger partial charge in [0, 0.05) is 30.6 Å². The molecule has 2 heterocycles. The number of nitrogens with zero attached hydrogens (tertiary/aromatic N) is 1. The molecule has 0 aliphatic carbocycles. The van der Waals surface area contributed by atoms with Gasteiger partial charge in [-0.05, 0) is 43.3 Å². The van der Waals surface area contributed by atoms with Crippen LogP contribution in [0.5, 0.6) is 0 Å². The van der Waals surface area contributed by atoms with Crippen LogP contribution in [-0.2, 0) is 4.79 Å². The summed E-state index contributed by atoms with van der Waals surface area (Å²) in [6.45, 7) is 5.19. The molecule has 3 rings (SSSR count). The Morgan fingerprint density at radius 1 is 1.33 bits per heavy atom. The zero-order valence-corrected chi connectivity index (χ0v) is 14.6. The first-order valence-corrected chi connectivity index (χ1v) is 8.57. The normalized spacial score (nSPS) is 15.9. The molecular weight excluding hydrogens is 326 g/mol. The Hall–Kier alpha value is -2.15. The molecule has 7 heteroatoms. The summed E-state index contributed by atoms with van der Waals surface area (Å²) in [7, 11) is 0. The number of carbonyl (C=O) groups is 2. The molecule has 2 aromatic rings. The fourth-order valence-corrected chi connectivity index (χ4v) is 3.16. The zero-order chi connectivity index (χ0) is 17.3. The Labute approximate surface area is 145 Å². The van der Waals surface area contributed by atoms with Gasteiger partial charge < -0.3 is 19.6 Å². The van der Waals surface area contributed by atoms with E-state index < -0.39 is 0 Å². The fourth-order valence-electron chi connectivity index (χ4n) is 2.96. The van der Waals surface area contributed by atoms with Gasteiger partial charge in [0.05, 0.1) is 5.52 Å². The number of aromatic nitrogens is 1. The summed E-state index contributed by atoms with van der Waals surface area (Å²) in [5.41, 5.74) is 1.89. The van der Waals surface area contributed by atoms with E-state index in [4.69, 9.17) is 16.6 Å². The van der Waals surface area contributed by atoms with E-state index in [9.17, 15) is 9.59 Å². The van der Waals surface area contributed by atoms with Crippen LogP contribution in [0, 0.1) is 10.8 Å². The minimum atomic E-state index is -0.132. The van der Waals surface area contributed by atoms with Gasteiger partial charge in [-0.15, -0.1) is 0 Å². The van der Waals surface area contributed by atoms with Gasteiger partial charge in [-0.3, -0.25) is 9.59 Å². The predicted octanol–water partition coefficient (Wildman–Crippen LogP) is 2.87. The quantitative estimate of drug-likeness (QED) is 0.837. The molecule has 2 amide bonds. The number of piperidine rings is 1. The number of hydrogen-bond donors (Lipinski definition) is 2. The zero-order valence-electron chi connectivity index (χ0n) is 13.8. The maximum Gasteiger partial charge on any atom is 0.266 e. The van der Waals surface area contributed by atoms with Crippen LogP contribution >= 0.6 is 12.2 Å². The van der Waals surface area contributed by atoms with Crippen molar-refractivity contribution in [1.82, 2.24) is 15.2 Å². The van der Waals surface area contributed by atoms with Crippen molar-refractivity contribution in [3.63, 3.8) is 0 Å². The molecule has 1 aromatic heterocycles. The number of fused-ring (bicyclic) bond motifs is 1. The molecule has 24 heavy (non-hydrogen) atoms. The van der Waals surface area contributed by atoms with Crippen LogP contribution in [0.4, 0.5) is 0 Å². The molecule has 1 aliphatic rings. The predicted molar refractivity (Wildman–Crippen MR) is 93.3 cm³/mol. The van der Waals surface area contributed by atoms with Gasteiger partial charge >= 0.3 is 0 Å². The van der Waals surface area contributed by atoms with Gasteiger partial charge in [-0.25, -0.2) is 0 Å². The van der Waals surface area contributed by atoms with Crippen LogP contribution in [0.25, 0.3) is 11.1 Å². The minimum Gasteiger partial charge on any atom is -0.429 e. The summed E-state index contributed by atoms with van der Waals surface area (Å²) in [5.74, 6) is 0.0640. The number of carbonyl (C=O) groups excluding carboxylic acids is 2. The monoisotopic (exact) mass is 347 g/mol. The number of rotatable bonds is 3. The van der Waals surface area contributed by atoms with Crippen LogP contribution in [0.2, 0.25) is 0 Å². The first-order valence-electron chi connectivity index (χ1n) is 8.16. The van der Waals surface area contributed by atoms with Crippen LogP contribution in [0.15, 0.2) is 22.6 Å². The molecule has 0 radical (unpaired) electrons. The lowest BCUT2D eigenvalue weighted by Crippen LogP contribution is -2.47. The van der Waals surface area contributed by atoms with E-state index in [-0.39, 0.29) is 23.8 Å². The topological polar surface area (TPSA) is 78.3 Å². The maximum absolute atomic E-state index is 12.4. The molecule has 6 nitrogen and oxygen atoms in total. The van der Waals surface area contributed by atoms with Crippen molar-refractivity contribution < 1.29 is 14.0 Å². The number of likely N-dealkylation sites (tertiary alicyclic amines) is 1. The minimum absolute atomic E-state index is 0.0160. The smallest absolute Gasteiger partial charge is 0.266 e. The standard InChI is InChI=1S/C17H21N3O3S/c1-10(2)16(22)20-7-5-12(6-8-20)18-15(21)11-3-4-13-14(9-11)23-17(24)19-13/h3-4,9-10,12H,5-8H2,1-2H3,(H,18,21)(H,19,24). The Bertz CT molecular complexity index is 816. The van der Waals surface area contributed by atoms with E-state index in [0.29, 0.717) is 29.1 Å². The highest BCUT2D eigenvalue weighted by molar-refractivity contribution is 7.71. The Morgan fingerprint density at radius 2 is 2.04 bits per heavy atom. The summed E-state index contributed by atoms with van der Waals surface area (Å²) < 4.78 is 5.35. The molecule has 1 saturated heterocycles. The maximum atomic E-state index is 12.4. The van der Waals surface area contributed by atoms with Gasteiger partial charge in [0.25, 0.3) is 10.7 Å². The number of amides is 2. The van der Waals surface area contributed by atoms with Gasteiger partial charge in [-0.1, -0.05) is 13.8 Å². The summed E-state index contributed by atoms with van der Waals surface area (Å²) in [4.78, 5) is 29.5. The lowest BCUT2D eigenvalue weighted by molar-refractivity contribution is -0.135. The van der Waals surface area contributed by atoms with Crippen molar-refractivity contribution in [3.8, 4) is 0 Å². The van der Waals surface area contributed by atoms with E-state index in [2.05, 4.69) is 10.3 Å². The average molecular weight is 347 g/mol. The van der Waals surface area contributed by atoms with E-state index >= 15 is 0 Å². The van der Waals surface area contributed by atoms with Crippen LogP contribution in [0.3, 0.4) is 0 Å². The van der Waals surface area contributed by atoms with E-state index in [1.54, 1.807) is 18.2 Å². The lowest BCUT2D eigenvalue weighted by Gasteiger charge is -2.33. The van der Waals surface area contributed by atoms with Crippen molar-refractivity contribution >= 4 is 35.1 Å². The SMILES string of the molecule is CC(C)C(=O)N1CCC(NC(=O)c2ccc3[nH]c(=S)oc3c2)CC1. The van der Waals surface area contributed by atoms with Crippen molar-refractivity contribution in [1.29, 1.82) is 0 Å². The van der Waals surface area contributed by atoms with Gasteiger partial charge in [-0.2, -0.15) is 0 Å². The van der Waals surface area contributed by atoms with Crippen molar-refractivity contribution in [3.05, 3.63) is 28.6 Å². The molecule has 0 atom stereocenters. The van der Waals surface area contributed by atoms with Crippen LogP contribution in [0.1, 0.15) is 37.0 Å². The van der Waals surface area contributed by atoms with E-state index in [1.165, 1.54) is 0 Å². The molecule has 1 fully saturated rings. The highest BCUT2D eigenvalue weighted by atomic mass is 32.1. The van der Waals surface area contributed by atoms with Gasteiger partial charge in [0.2, 0.25) is 5.91 Å². The van der Waals surface area contributed by atoms with Crippen LogP contribution < -0.4 is 5.32 Å². The highest BCUT2D eigenvalue weighted by Crippen LogP contribution is 2.17. The van der Waals surface area contributed by atoms with E-state index in [1.807, 2.05) is 18.7 Å². The van der Waals surface area contributed by atoms with Crippen LogP contribution in [-0.4, -0.2) is 40.8 Å². The first kappa shape index (κ1) is 16.7. The summed E-state index contributed by atoms with van der Waals surface area (Å²) in [5, 5.41) is 3.04. The number of oxazole rings is 1. The number of hydrogen-bond acceptors (Lipinski definition) is 4. The fraction of sp³-hybridized carbons (Fsp3) is 0.471. The molecule has 0 saturated carbocycles. The molecule has 0 unspecified atom stereocenters. The van der Waals surface area contributed by atoms with E-state index in [0.717, 1.165) is 18.4 Å². The van der Waals surface area contributed by atoms with Gasteiger partial charge in [0.15, 0.2) is 5.58 Å². The van der Waals surface area contributed by atoms with Crippen molar-refractivity contribution in [2.24, 2.45) is 5.92 Å². The second kappa shape index (κ2) is 6.76. The van der Waals surface area contributed by atoms with Gasteiger partial charge in [0.1, 0.15) is 0 Å². The third kappa shape index (κ3) is 3.51. The second-order valence-electron chi connectivity index (χ2n) is 6.45. The van der Waals surface area contributed by atoms with Crippen molar-refractivity contribution in [2.75, 3.05) is 13.1 Å². The number of aromatic amines is 1. The Balaban J connectivity index is 1.60. The average Bonchev–Trinajstić information content (AvgIpc) is 2.93. The largest absolute Gasteiger partial charge is 0.429 e. The number of benzene rings is 1. The number of nitrogens with one attached hydrogen (secondary N) is 2. The Kier molecular flexibility index (Phi) is 4.71. The molecule has 0 spiro atoms. The van der Waals surface area contributed by atoms with Crippen molar-refractivity contribution in [2.45, 2.75) is 32.7 Å². The second-order valence-corrected chi connectivity index (χ2v) is 6.82. The third-order valence-electron chi connectivity index (χ3n) is 4.32. The molecule has 128 valence electrons. The summed E-state index contributed by atoms with van der Waals surface area (Å²) in [6, 6.07) is 5.31. The molecule has 1 aliphatic heterocycles. The summed E-state index contributed by atoms with van der Waals surface area (Å²) >= 11 is 4.95. The lowest BCUT2D eigenvalue weighted by atomic mass is 10.0. The number of H-pyrrole nitrogens is 1. The molecule has 2 N–H and O–H groups in total. The Morgan fingerprint density at radius 3 is 2.71 bits per heavy atom. The molecule has 0 bridgehead atoms. The molecular formula is C17H21N3O3S. The third-order valence-corrected chi connectivity index (χ3v) is 4.50. The molecule has 1 aromatic carbocycles. The first-order chi connectivity index (χ1) is 11.4.